The van der Waals surface area contributed by atoms with E-state index in [1.807, 2.05) is 24.3 Å². The molecule has 1 aromatic heterocycles. The van der Waals surface area contributed by atoms with Gasteiger partial charge in [0.25, 0.3) is 0 Å². The smallest absolute Gasteiger partial charge is 0.307 e. The number of para-hydroxylation sites is 1. The topological polar surface area (TPSA) is 54.3 Å². The van der Waals surface area contributed by atoms with E-state index >= 15 is 0 Å². The van der Waals surface area contributed by atoms with Crippen LogP contribution in [-0.4, -0.2) is 22.2 Å². The number of carboxylic acids is 1. The van der Waals surface area contributed by atoms with Gasteiger partial charge in [0, 0.05) is 29.7 Å². The van der Waals surface area contributed by atoms with E-state index in [9.17, 15) is 4.79 Å². The Kier molecular flexibility index (Phi) is 5.11. The van der Waals surface area contributed by atoms with Gasteiger partial charge in [-0.15, -0.1) is 12.4 Å². The predicted molar refractivity (Wildman–Crippen MR) is 101 cm³/mol. The molecule has 0 unspecified atom stereocenters. The minimum atomic E-state index is -0.792. The van der Waals surface area contributed by atoms with Crippen LogP contribution in [0.3, 0.4) is 0 Å². The molecule has 5 heteroatoms. The largest absolute Gasteiger partial charge is 0.481 e. The van der Waals surface area contributed by atoms with Crippen LogP contribution >= 0.6 is 12.4 Å². The molecule has 2 heterocycles. The number of fused-ring (bicyclic) bond motifs is 3. The predicted octanol–water partition coefficient (Wildman–Crippen LogP) is 3.38. The number of benzene rings is 2. The Balaban J connectivity index is 0.00000182. The molecular weight excluding hydrogens is 336 g/mol. The Bertz CT molecular complexity index is 900. The molecule has 0 saturated carbocycles. The van der Waals surface area contributed by atoms with Gasteiger partial charge in [-0.05, 0) is 35.7 Å². The number of nitrogens with one attached hydrogen (secondary N) is 1. The van der Waals surface area contributed by atoms with E-state index in [1.54, 1.807) is 0 Å². The highest BCUT2D eigenvalue weighted by Gasteiger charge is 2.19. The number of aromatic nitrogens is 1. The highest BCUT2D eigenvalue weighted by Crippen LogP contribution is 2.29. The van der Waals surface area contributed by atoms with Crippen molar-refractivity contribution in [3.8, 4) is 0 Å². The molecule has 0 spiro atoms. The monoisotopic (exact) mass is 356 g/mol. The molecule has 2 aromatic carbocycles. The van der Waals surface area contributed by atoms with Gasteiger partial charge < -0.3 is 15.0 Å². The average Bonchev–Trinajstić information content (AvgIpc) is 2.91. The maximum Gasteiger partial charge on any atom is 0.307 e. The summed E-state index contributed by atoms with van der Waals surface area (Å²) in [7, 11) is 0. The highest BCUT2D eigenvalue weighted by molar-refractivity contribution is 5.86. The number of hydrogen-bond donors (Lipinski definition) is 2. The minimum Gasteiger partial charge on any atom is -0.481 e. The first-order chi connectivity index (χ1) is 11.7. The molecule has 0 radical (unpaired) electrons. The van der Waals surface area contributed by atoms with Crippen LogP contribution in [0.1, 0.15) is 22.4 Å². The fraction of sp³-hybridized carbons (Fsp3) is 0.250. The lowest BCUT2D eigenvalue weighted by atomic mass is 10.0. The average molecular weight is 357 g/mol. The van der Waals surface area contributed by atoms with Crippen LogP contribution in [0.5, 0.6) is 0 Å². The van der Waals surface area contributed by atoms with E-state index in [0.29, 0.717) is 0 Å². The van der Waals surface area contributed by atoms with Crippen LogP contribution in [0.15, 0.2) is 48.5 Å². The van der Waals surface area contributed by atoms with Crippen molar-refractivity contribution in [1.82, 2.24) is 9.88 Å². The van der Waals surface area contributed by atoms with Crippen molar-refractivity contribution >= 4 is 29.3 Å². The summed E-state index contributed by atoms with van der Waals surface area (Å²) in [6, 6.07) is 16.5. The number of nitrogens with zero attached hydrogens (tertiary/aromatic N) is 1. The summed E-state index contributed by atoms with van der Waals surface area (Å²) in [5.41, 5.74) is 6.15. The summed E-state index contributed by atoms with van der Waals surface area (Å²) in [5, 5.41) is 13.7. The lowest BCUT2D eigenvalue weighted by Crippen LogP contribution is -2.25. The Morgan fingerprint density at radius 2 is 1.80 bits per heavy atom. The first-order valence-corrected chi connectivity index (χ1v) is 8.31. The van der Waals surface area contributed by atoms with E-state index in [4.69, 9.17) is 5.11 Å². The third-order valence-electron chi connectivity index (χ3n) is 4.76. The molecule has 0 bridgehead atoms. The summed E-state index contributed by atoms with van der Waals surface area (Å²) in [5.74, 6) is -0.792. The second-order valence-electron chi connectivity index (χ2n) is 6.34. The van der Waals surface area contributed by atoms with E-state index in [1.165, 1.54) is 27.7 Å². The van der Waals surface area contributed by atoms with Crippen molar-refractivity contribution in [2.75, 3.05) is 6.54 Å². The van der Waals surface area contributed by atoms with Crippen LogP contribution in [0.25, 0.3) is 10.9 Å². The normalized spacial score (nSPS) is 13.3. The summed E-state index contributed by atoms with van der Waals surface area (Å²) < 4.78 is 2.39. The second kappa shape index (κ2) is 7.30. The van der Waals surface area contributed by atoms with Crippen molar-refractivity contribution in [1.29, 1.82) is 0 Å². The zero-order valence-electron chi connectivity index (χ0n) is 13.9. The van der Waals surface area contributed by atoms with E-state index < -0.39 is 5.97 Å². The number of halogens is 1. The summed E-state index contributed by atoms with van der Waals surface area (Å²) >= 11 is 0. The lowest BCUT2D eigenvalue weighted by Gasteiger charge is -2.17. The first kappa shape index (κ1) is 17.5. The molecule has 1 aliphatic rings. The zero-order chi connectivity index (χ0) is 16.5. The van der Waals surface area contributed by atoms with Crippen LogP contribution in [0, 0.1) is 0 Å². The standard InChI is InChI=1S/C20H20N2O2.ClH/c23-20(24)11-14-5-7-15(8-6-14)13-22-18-4-2-1-3-16(18)17-9-10-21-12-19(17)22;/h1-8,21H,9-13H2,(H,23,24);1H. The van der Waals surface area contributed by atoms with Gasteiger partial charge in [-0.3, -0.25) is 4.79 Å². The van der Waals surface area contributed by atoms with Gasteiger partial charge in [0.1, 0.15) is 0 Å². The van der Waals surface area contributed by atoms with Crippen molar-refractivity contribution in [2.45, 2.75) is 25.9 Å². The lowest BCUT2D eigenvalue weighted by molar-refractivity contribution is -0.136. The molecule has 4 rings (SSSR count). The maximum absolute atomic E-state index is 10.8. The third-order valence-corrected chi connectivity index (χ3v) is 4.76. The molecule has 0 fully saturated rings. The van der Waals surface area contributed by atoms with Crippen LogP contribution < -0.4 is 5.32 Å². The zero-order valence-corrected chi connectivity index (χ0v) is 14.7. The van der Waals surface area contributed by atoms with Gasteiger partial charge in [0.15, 0.2) is 0 Å². The molecular formula is C20H21ClN2O2. The third kappa shape index (κ3) is 3.41. The summed E-state index contributed by atoms with van der Waals surface area (Å²) in [6.07, 6.45) is 1.15. The molecule has 0 amide bonds. The van der Waals surface area contributed by atoms with Crippen LogP contribution in [0.2, 0.25) is 0 Å². The number of aliphatic carboxylic acids is 1. The van der Waals surface area contributed by atoms with Gasteiger partial charge >= 0.3 is 5.97 Å². The van der Waals surface area contributed by atoms with Gasteiger partial charge in [-0.2, -0.15) is 0 Å². The molecule has 130 valence electrons. The van der Waals surface area contributed by atoms with Crippen molar-refractivity contribution in [3.63, 3.8) is 0 Å². The second-order valence-corrected chi connectivity index (χ2v) is 6.34. The molecule has 2 N–H and O–H groups in total. The van der Waals surface area contributed by atoms with Gasteiger partial charge in [-0.25, -0.2) is 0 Å². The van der Waals surface area contributed by atoms with E-state index in [0.717, 1.165) is 31.6 Å². The van der Waals surface area contributed by atoms with Crippen LogP contribution in [0.4, 0.5) is 0 Å². The van der Waals surface area contributed by atoms with Gasteiger partial charge in [0.05, 0.1) is 6.42 Å². The Morgan fingerprint density at radius 3 is 2.56 bits per heavy atom. The summed E-state index contributed by atoms with van der Waals surface area (Å²) in [4.78, 5) is 10.8. The number of rotatable bonds is 4. The SMILES string of the molecule is Cl.O=C(O)Cc1ccc(Cn2c3c(c4ccccc42)CCNC3)cc1. The highest BCUT2D eigenvalue weighted by atomic mass is 35.5. The minimum absolute atomic E-state index is 0. The molecule has 4 nitrogen and oxygen atoms in total. The molecule has 1 aliphatic heterocycles. The van der Waals surface area contributed by atoms with Gasteiger partial charge in [-0.1, -0.05) is 42.5 Å². The molecule has 0 atom stereocenters. The maximum atomic E-state index is 10.8. The van der Waals surface area contributed by atoms with E-state index in [2.05, 4.69) is 34.1 Å². The Labute approximate surface area is 152 Å². The molecule has 3 aromatic rings. The number of hydrogen-bond acceptors (Lipinski definition) is 2. The fourth-order valence-corrected chi connectivity index (χ4v) is 3.63. The molecule has 25 heavy (non-hydrogen) atoms. The van der Waals surface area contributed by atoms with Crippen LogP contribution in [-0.2, 0) is 30.7 Å². The van der Waals surface area contributed by atoms with Crippen molar-refractivity contribution < 1.29 is 9.90 Å². The van der Waals surface area contributed by atoms with E-state index in [-0.39, 0.29) is 18.8 Å². The fourth-order valence-electron chi connectivity index (χ4n) is 3.63. The Morgan fingerprint density at radius 1 is 1.08 bits per heavy atom. The first-order valence-electron chi connectivity index (χ1n) is 8.31. The summed E-state index contributed by atoms with van der Waals surface area (Å²) in [6.45, 7) is 2.75. The van der Waals surface area contributed by atoms with Crippen molar-refractivity contribution in [3.05, 3.63) is 70.9 Å². The van der Waals surface area contributed by atoms with Crippen molar-refractivity contribution in [2.24, 2.45) is 0 Å². The molecule has 0 aliphatic carbocycles. The number of carbonyl (C=O) groups is 1. The quantitative estimate of drug-likeness (QED) is 0.753. The Hall–Kier alpha value is -2.30. The van der Waals surface area contributed by atoms with Gasteiger partial charge in [0.2, 0.25) is 0 Å². The molecule has 0 saturated heterocycles. The number of carboxylic acid groups (broad SMARTS) is 1.